The second-order valence-corrected chi connectivity index (χ2v) is 3.72. The number of rotatable bonds is 3. The molecule has 1 aromatic rings. The van der Waals surface area contributed by atoms with Gasteiger partial charge in [-0.25, -0.2) is 9.78 Å². The van der Waals surface area contributed by atoms with Gasteiger partial charge in [-0.2, -0.15) is 0 Å². The first kappa shape index (κ1) is 9.96. The average molecular weight is 207 g/mol. The lowest BCUT2D eigenvalue weighted by molar-refractivity contribution is 0.0693. The molecule has 1 aromatic heterocycles. The molecule has 0 unspecified atom stereocenters. The topological polar surface area (TPSA) is 59.4 Å². The molecule has 1 saturated carbocycles. The summed E-state index contributed by atoms with van der Waals surface area (Å²) >= 11 is 0. The van der Waals surface area contributed by atoms with Crippen molar-refractivity contribution in [3.05, 3.63) is 23.4 Å². The van der Waals surface area contributed by atoms with Gasteiger partial charge in [0.25, 0.3) is 0 Å². The zero-order valence-electron chi connectivity index (χ0n) is 8.56. The Bertz CT molecular complexity index is 385. The minimum Gasteiger partial charge on any atom is -0.481 e. The smallest absolute Gasteiger partial charge is 0.337 e. The lowest BCUT2D eigenvalue weighted by Crippen LogP contribution is -2.16. The minimum absolute atomic E-state index is 0.297. The van der Waals surface area contributed by atoms with E-state index in [-0.39, 0.29) is 0 Å². The Labute approximate surface area is 87.9 Å². The largest absolute Gasteiger partial charge is 0.481 e. The first-order valence-corrected chi connectivity index (χ1v) is 5.00. The molecule has 2 rings (SSSR count). The van der Waals surface area contributed by atoms with Crippen LogP contribution in [0.2, 0.25) is 0 Å². The van der Waals surface area contributed by atoms with Crippen molar-refractivity contribution >= 4 is 5.97 Å². The van der Waals surface area contributed by atoms with Crippen LogP contribution >= 0.6 is 0 Å². The maximum Gasteiger partial charge on any atom is 0.337 e. The lowest BCUT2D eigenvalue weighted by Gasteiger charge is -2.26. The van der Waals surface area contributed by atoms with Gasteiger partial charge in [0, 0.05) is 12.0 Å². The maximum absolute atomic E-state index is 11.0. The van der Waals surface area contributed by atoms with Crippen molar-refractivity contribution in [1.82, 2.24) is 4.98 Å². The van der Waals surface area contributed by atoms with Gasteiger partial charge in [-0.05, 0) is 18.9 Å². The van der Waals surface area contributed by atoms with Crippen molar-refractivity contribution < 1.29 is 14.6 Å². The first-order valence-electron chi connectivity index (χ1n) is 5.00. The number of aromatic nitrogens is 1. The second-order valence-electron chi connectivity index (χ2n) is 3.72. The fourth-order valence-corrected chi connectivity index (χ4v) is 1.74. The van der Waals surface area contributed by atoms with E-state index >= 15 is 0 Å². The fraction of sp³-hybridized carbons (Fsp3) is 0.455. The Morgan fingerprint density at radius 3 is 2.73 bits per heavy atom. The molecule has 0 aromatic carbocycles. The van der Waals surface area contributed by atoms with E-state index in [4.69, 9.17) is 9.84 Å². The monoisotopic (exact) mass is 207 g/mol. The molecule has 15 heavy (non-hydrogen) atoms. The van der Waals surface area contributed by atoms with E-state index in [1.54, 1.807) is 12.1 Å². The summed E-state index contributed by atoms with van der Waals surface area (Å²) in [5, 5.41) is 9.02. The van der Waals surface area contributed by atoms with Crippen LogP contribution in [0, 0.1) is 0 Å². The fourth-order valence-electron chi connectivity index (χ4n) is 1.74. The molecule has 0 amide bonds. The van der Waals surface area contributed by atoms with Crippen LogP contribution in [-0.2, 0) is 0 Å². The summed E-state index contributed by atoms with van der Waals surface area (Å²) in [6.45, 7) is 0. The molecule has 1 fully saturated rings. The zero-order valence-corrected chi connectivity index (χ0v) is 8.56. The van der Waals surface area contributed by atoms with Gasteiger partial charge < -0.3 is 9.84 Å². The SMILES string of the molecule is COc1ccc(C(=O)O)c(C2CCC2)n1. The highest BCUT2D eigenvalue weighted by molar-refractivity contribution is 5.89. The summed E-state index contributed by atoms with van der Waals surface area (Å²) in [5.41, 5.74) is 0.980. The molecular formula is C11H13NO3. The second kappa shape index (κ2) is 3.88. The van der Waals surface area contributed by atoms with Crippen molar-refractivity contribution in [1.29, 1.82) is 0 Å². The molecule has 0 bridgehead atoms. The van der Waals surface area contributed by atoms with Crippen LogP contribution < -0.4 is 4.74 Å². The molecule has 1 N–H and O–H groups in total. The van der Waals surface area contributed by atoms with Crippen molar-refractivity contribution in [2.24, 2.45) is 0 Å². The molecule has 4 heteroatoms. The molecule has 4 nitrogen and oxygen atoms in total. The number of carboxylic acids is 1. The summed E-state index contributed by atoms with van der Waals surface area (Å²) in [4.78, 5) is 15.2. The van der Waals surface area contributed by atoms with Gasteiger partial charge in [0.2, 0.25) is 5.88 Å². The summed E-state index contributed by atoms with van der Waals surface area (Å²) in [5.74, 6) is -0.125. The van der Waals surface area contributed by atoms with Crippen molar-refractivity contribution in [2.45, 2.75) is 25.2 Å². The van der Waals surface area contributed by atoms with Crippen LogP contribution in [0.5, 0.6) is 5.88 Å². The van der Waals surface area contributed by atoms with E-state index in [1.807, 2.05) is 0 Å². The number of hydrogen-bond acceptors (Lipinski definition) is 3. The molecule has 0 spiro atoms. The molecule has 1 heterocycles. The number of carbonyl (C=O) groups is 1. The normalized spacial score (nSPS) is 15.8. The number of hydrogen-bond donors (Lipinski definition) is 1. The zero-order chi connectivity index (χ0) is 10.8. The van der Waals surface area contributed by atoms with Crippen LogP contribution in [0.4, 0.5) is 0 Å². The van der Waals surface area contributed by atoms with Gasteiger partial charge in [0.15, 0.2) is 0 Å². The quantitative estimate of drug-likeness (QED) is 0.824. The minimum atomic E-state index is -0.910. The maximum atomic E-state index is 11.0. The van der Waals surface area contributed by atoms with Gasteiger partial charge in [-0.1, -0.05) is 6.42 Å². The van der Waals surface area contributed by atoms with E-state index < -0.39 is 5.97 Å². The molecule has 80 valence electrons. The van der Waals surface area contributed by atoms with Crippen LogP contribution in [0.3, 0.4) is 0 Å². The van der Waals surface area contributed by atoms with Gasteiger partial charge in [0.1, 0.15) is 0 Å². The van der Waals surface area contributed by atoms with E-state index in [0.29, 0.717) is 23.1 Å². The summed E-state index contributed by atoms with van der Waals surface area (Å²) < 4.78 is 5.00. The van der Waals surface area contributed by atoms with Gasteiger partial charge in [0.05, 0.1) is 18.4 Å². The highest BCUT2D eigenvalue weighted by Gasteiger charge is 2.26. The summed E-state index contributed by atoms with van der Waals surface area (Å²) in [7, 11) is 1.54. The standard InChI is InChI=1S/C11H13NO3/c1-15-9-6-5-8(11(13)14)10(12-9)7-3-2-4-7/h5-7H,2-4H2,1H3,(H,13,14). The average Bonchev–Trinajstić information content (AvgIpc) is 2.14. The predicted octanol–water partition coefficient (Wildman–Crippen LogP) is 2.06. The molecule has 1 aliphatic rings. The van der Waals surface area contributed by atoms with E-state index in [9.17, 15) is 4.79 Å². The Morgan fingerprint density at radius 2 is 2.27 bits per heavy atom. The number of aromatic carboxylic acids is 1. The van der Waals surface area contributed by atoms with Crippen LogP contribution in [-0.4, -0.2) is 23.2 Å². The van der Waals surface area contributed by atoms with E-state index in [2.05, 4.69) is 4.98 Å². The van der Waals surface area contributed by atoms with Crippen molar-refractivity contribution in [3.63, 3.8) is 0 Å². The Kier molecular flexibility index (Phi) is 2.58. The highest BCUT2D eigenvalue weighted by atomic mass is 16.5. The first-order chi connectivity index (χ1) is 7.22. The summed E-state index contributed by atoms with van der Waals surface area (Å²) in [6.07, 6.45) is 3.21. The van der Waals surface area contributed by atoms with E-state index in [1.165, 1.54) is 7.11 Å². The predicted molar refractivity (Wildman–Crippen MR) is 54.3 cm³/mol. The third-order valence-corrected chi connectivity index (χ3v) is 2.83. The van der Waals surface area contributed by atoms with Crippen molar-refractivity contribution in [2.75, 3.05) is 7.11 Å². The summed E-state index contributed by atoms with van der Waals surface area (Å²) in [6, 6.07) is 3.16. The number of carboxylic acid groups (broad SMARTS) is 1. The highest BCUT2D eigenvalue weighted by Crippen LogP contribution is 2.37. The third-order valence-electron chi connectivity index (χ3n) is 2.83. The molecule has 1 aliphatic carbocycles. The molecule has 0 radical (unpaired) electrons. The molecule has 0 atom stereocenters. The molecule has 0 saturated heterocycles. The van der Waals surface area contributed by atoms with Crippen LogP contribution in [0.15, 0.2) is 12.1 Å². The van der Waals surface area contributed by atoms with Gasteiger partial charge in [-0.3, -0.25) is 0 Å². The number of methoxy groups -OCH3 is 1. The lowest BCUT2D eigenvalue weighted by atomic mass is 9.81. The Hall–Kier alpha value is -1.58. The van der Waals surface area contributed by atoms with Crippen molar-refractivity contribution in [3.8, 4) is 5.88 Å². The Morgan fingerprint density at radius 1 is 1.53 bits per heavy atom. The third kappa shape index (κ3) is 1.79. The number of pyridine rings is 1. The number of nitrogens with zero attached hydrogens (tertiary/aromatic N) is 1. The molecular weight excluding hydrogens is 194 g/mol. The van der Waals surface area contributed by atoms with Gasteiger partial charge >= 0.3 is 5.97 Å². The van der Waals surface area contributed by atoms with Crippen LogP contribution in [0.1, 0.15) is 41.2 Å². The molecule has 0 aliphatic heterocycles. The van der Waals surface area contributed by atoms with Crippen LogP contribution in [0.25, 0.3) is 0 Å². The van der Waals surface area contributed by atoms with Gasteiger partial charge in [-0.15, -0.1) is 0 Å². The Balaban J connectivity index is 2.40. The van der Waals surface area contributed by atoms with E-state index in [0.717, 1.165) is 19.3 Å². The number of ether oxygens (including phenoxy) is 1.